The fourth-order valence-corrected chi connectivity index (χ4v) is 5.33. The van der Waals surface area contributed by atoms with Crippen LogP contribution in [0.1, 0.15) is 17.2 Å². The molecule has 0 bridgehead atoms. The Morgan fingerprint density at radius 1 is 1.00 bits per heavy atom. The summed E-state index contributed by atoms with van der Waals surface area (Å²) in [5.74, 6) is 1.19. The summed E-state index contributed by atoms with van der Waals surface area (Å²) in [5, 5.41) is 5.36. The molecule has 0 saturated heterocycles. The quantitative estimate of drug-likeness (QED) is 0.310. The average molecular weight is 504 g/mol. The molecule has 0 spiro atoms. The van der Waals surface area contributed by atoms with Crippen molar-refractivity contribution in [2.24, 2.45) is 0 Å². The van der Waals surface area contributed by atoms with Gasteiger partial charge in [-0.25, -0.2) is 0 Å². The summed E-state index contributed by atoms with van der Waals surface area (Å²) in [6, 6.07) is 22.9. The van der Waals surface area contributed by atoms with E-state index in [-0.39, 0.29) is 11.7 Å². The zero-order valence-corrected chi connectivity index (χ0v) is 19.8. The molecular formula is C26H15Cl2N3O2S. The summed E-state index contributed by atoms with van der Waals surface area (Å²) in [6.07, 6.45) is 3.60. The minimum absolute atomic E-state index is 0.240. The molecule has 0 N–H and O–H groups in total. The second-order valence-corrected chi connectivity index (χ2v) is 9.61. The fraction of sp³-hybridized carbons (Fsp3) is 0.0385. The molecule has 166 valence electrons. The van der Waals surface area contributed by atoms with Crippen LogP contribution in [0.25, 0.3) is 28.5 Å². The predicted octanol–water partition coefficient (Wildman–Crippen LogP) is 5.84. The van der Waals surface area contributed by atoms with Crippen LogP contribution < -0.4 is 14.8 Å². The van der Waals surface area contributed by atoms with Gasteiger partial charge in [-0.3, -0.25) is 4.79 Å². The Hall–Kier alpha value is -3.45. The number of rotatable bonds is 3. The van der Waals surface area contributed by atoms with Crippen molar-refractivity contribution in [2.45, 2.75) is 6.10 Å². The highest BCUT2D eigenvalue weighted by molar-refractivity contribution is 7.15. The number of fused-ring (bicyclic) bond motifs is 2. The van der Waals surface area contributed by atoms with Gasteiger partial charge in [0.15, 0.2) is 5.82 Å². The molecular weight excluding hydrogens is 489 g/mol. The van der Waals surface area contributed by atoms with E-state index in [2.05, 4.69) is 16.2 Å². The maximum atomic E-state index is 13.2. The van der Waals surface area contributed by atoms with Gasteiger partial charge in [0.25, 0.3) is 5.56 Å². The van der Waals surface area contributed by atoms with Crippen LogP contribution in [0.4, 0.5) is 0 Å². The number of ether oxygens (including phenoxy) is 1. The van der Waals surface area contributed by atoms with Crippen LogP contribution in [0, 0.1) is 0 Å². The van der Waals surface area contributed by atoms with Crippen LogP contribution >= 0.6 is 34.5 Å². The van der Waals surface area contributed by atoms with Gasteiger partial charge < -0.3 is 4.74 Å². The lowest BCUT2D eigenvalue weighted by Gasteiger charge is -2.26. The summed E-state index contributed by atoms with van der Waals surface area (Å²) < 4.78 is 8.18. The third-order valence-corrected chi connectivity index (χ3v) is 7.05. The predicted molar refractivity (Wildman–Crippen MR) is 137 cm³/mol. The van der Waals surface area contributed by atoms with Crippen molar-refractivity contribution in [1.29, 1.82) is 0 Å². The van der Waals surface area contributed by atoms with Gasteiger partial charge >= 0.3 is 0 Å². The van der Waals surface area contributed by atoms with E-state index in [1.54, 1.807) is 18.2 Å². The number of hydrogen-bond donors (Lipinski definition) is 0. The number of nitrogens with zero attached hydrogens (tertiary/aromatic N) is 3. The lowest BCUT2D eigenvalue weighted by molar-refractivity contribution is 0.244. The topological polar surface area (TPSA) is 56.5 Å². The van der Waals surface area contributed by atoms with Crippen molar-refractivity contribution in [1.82, 2.24) is 14.6 Å². The number of benzene rings is 3. The summed E-state index contributed by atoms with van der Waals surface area (Å²) in [6.45, 7) is 0. The van der Waals surface area contributed by atoms with Crippen molar-refractivity contribution < 1.29 is 4.74 Å². The first-order valence-corrected chi connectivity index (χ1v) is 12.0. The van der Waals surface area contributed by atoms with E-state index in [0.717, 1.165) is 22.4 Å². The van der Waals surface area contributed by atoms with Crippen molar-refractivity contribution in [3.63, 3.8) is 0 Å². The Labute approximate surface area is 208 Å². The molecule has 0 fully saturated rings. The monoisotopic (exact) mass is 503 g/mol. The maximum absolute atomic E-state index is 13.2. The first-order valence-electron chi connectivity index (χ1n) is 10.5. The Bertz CT molecular complexity index is 1690. The van der Waals surface area contributed by atoms with Crippen LogP contribution in [-0.4, -0.2) is 14.6 Å². The van der Waals surface area contributed by atoms with Crippen molar-refractivity contribution in [3.8, 4) is 17.1 Å². The largest absolute Gasteiger partial charge is 0.480 e. The Morgan fingerprint density at radius 3 is 2.59 bits per heavy atom. The van der Waals surface area contributed by atoms with E-state index in [9.17, 15) is 4.79 Å². The van der Waals surface area contributed by atoms with Crippen LogP contribution in [0.5, 0.6) is 5.75 Å². The van der Waals surface area contributed by atoms with Gasteiger partial charge in [0.05, 0.1) is 9.55 Å². The third-order valence-electron chi connectivity index (χ3n) is 5.54. The molecule has 5 aromatic rings. The molecule has 3 aromatic carbocycles. The van der Waals surface area contributed by atoms with Crippen molar-refractivity contribution >= 4 is 51.7 Å². The van der Waals surface area contributed by atoms with Crippen LogP contribution in [0.3, 0.4) is 0 Å². The first-order chi connectivity index (χ1) is 16.6. The van der Waals surface area contributed by atoms with E-state index in [0.29, 0.717) is 30.9 Å². The van der Waals surface area contributed by atoms with E-state index < -0.39 is 0 Å². The van der Waals surface area contributed by atoms with E-state index >= 15 is 0 Å². The van der Waals surface area contributed by atoms with Gasteiger partial charge in [-0.05, 0) is 47.6 Å². The van der Waals surface area contributed by atoms with Crippen LogP contribution in [-0.2, 0) is 0 Å². The third kappa shape index (κ3) is 3.70. The lowest BCUT2D eigenvalue weighted by atomic mass is 9.96. The highest BCUT2D eigenvalue weighted by atomic mass is 35.5. The standard InChI is InChI=1S/C26H15Cl2N3O2S/c27-18-10-11-19(20(28)14-18)24-29-26-31(30-24)25(32)22(34-26)13-17-12-16-8-4-5-9-21(16)33-23(17)15-6-2-1-3-7-15/h1-14,23H. The Balaban J connectivity index is 1.47. The fourth-order valence-electron chi connectivity index (χ4n) is 3.93. The van der Waals surface area contributed by atoms with Gasteiger partial charge in [0.2, 0.25) is 4.96 Å². The molecule has 34 heavy (non-hydrogen) atoms. The summed E-state index contributed by atoms with van der Waals surface area (Å²) in [7, 11) is 0. The Kier molecular flexibility index (Phi) is 5.21. The highest BCUT2D eigenvalue weighted by Gasteiger charge is 2.24. The molecule has 0 amide bonds. The van der Waals surface area contributed by atoms with E-state index in [1.165, 1.54) is 15.9 Å². The van der Waals surface area contributed by atoms with Crippen molar-refractivity contribution in [2.75, 3.05) is 0 Å². The number of aromatic nitrogens is 3. The second-order valence-electron chi connectivity index (χ2n) is 7.76. The van der Waals surface area contributed by atoms with Gasteiger partial charge in [-0.15, -0.1) is 5.10 Å². The first kappa shape index (κ1) is 21.1. The van der Waals surface area contributed by atoms with E-state index in [4.69, 9.17) is 27.9 Å². The smallest absolute Gasteiger partial charge is 0.291 e. The highest BCUT2D eigenvalue weighted by Crippen LogP contribution is 2.38. The zero-order valence-electron chi connectivity index (χ0n) is 17.5. The summed E-state index contributed by atoms with van der Waals surface area (Å²) in [4.78, 5) is 18.2. The SMILES string of the molecule is O=c1c(=CC2=Cc3ccccc3OC2c2ccccc2)sc2nc(-c3ccc(Cl)cc3Cl)nn12. The van der Waals surface area contributed by atoms with Gasteiger partial charge in [-0.2, -0.15) is 9.50 Å². The van der Waals surface area contributed by atoms with Crippen LogP contribution in [0.2, 0.25) is 10.0 Å². The van der Waals surface area contributed by atoms with Crippen molar-refractivity contribution in [3.05, 3.63) is 114 Å². The summed E-state index contributed by atoms with van der Waals surface area (Å²) >= 11 is 13.6. The molecule has 1 unspecified atom stereocenters. The minimum atomic E-state index is -0.332. The number of thiazole rings is 1. The van der Waals surface area contributed by atoms with Gasteiger partial charge in [0, 0.05) is 16.1 Å². The zero-order chi connectivity index (χ0) is 23.2. The van der Waals surface area contributed by atoms with Gasteiger partial charge in [-0.1, -0.05) is 83.1 Å². The number of para-hydroxylation sites is 1. The molecule has 3 heterocycles. The second kappa shape index (κ2) is 8.40. The number of hydrogen-bond acceptors (Lipinski definition) is 5. The normalized spacial score (nSPS) is 15.8. The molecule has 6 rings (SSSR count). The minimum Gasteiger partial charge on any atom is -0.480 e. The molecule has 0 radical (unpaired) electrons. The Morgan fingerprint density at radius 2 is 1.79 bits per heavy atom. The molecule has 0 aliphatic carbocycles. The molecule has 1 aliphatic rings. The number of halogens is 2. The average Bonchev–Trinajstić information content (AvgIpc) is 3.38. The molecule has 1 aliphatic heterocycles. The molecule has 2 aromatic heterocycles. The van der Waals surface area contributed by atoms with Gasteiger partial charge in [0.1, 0.15) is 11.9 Å². The molecule has 8 heteroatoms. The molecule has 1 atom stereocenters. The molecule has 5 nitrogen and oxygen atoms in total. The van der Waals surface area contributed by atoms with Crippen LogP contribution in [0.15, 0.2) is 83.2 Å². The maximum Gasteiger partial charge on any atom is 0.291 e. The summed E-state index contributed by atoms with van der Waals surface area (Å²) in [5.41, 5.74) is 3.23. The van der Waals surface area contributed by atoms with E-state index in [1.807, 2.05) is 60.7 Å². The molecule has 0 saturated carbocycles. The lowest BCUT2D eigenvalue weighted by Crippen LogP contribution is -2.25.